The largest absolute Gasteiger partial charge is 0.455 e. The molecule has 2 aromatic heterocycles. The third-order valence-electron chi connectivity index (χ3n) is 4.90. The van der Waals surface area contributed by atoms with Crippen LogP contribution in [0, 0.1) is 41.0 Å². The van der Waals surface area contributed by atoms with E-state index >= 15 is 0 Å². The van der Waals surface area contributed by atoms with Gasteiger partial charge in [-0.05, 0) is 51.5 Å². The van der Waals surface area contributed by atoms with Gasteiger partial charge < -0.3 is 4.42 Å². The lowest BCUT2D eigenvalue weighted by atomic mass is 10.1. The van der Waals surface area contributed by atoms with Gasteiger partial charge >= 0.3 is 5.69 Å². The lowest BCUT2D eigenvalue weighted by Crippen LogP contribution is -2.28. The molecular formula is C20H20N6O6. The fraction of sp³-hybridized carbons (Fsp3) is 0.250. The van der Waals surface area contributed by atoms with E-state index in [2.05, 4.69) is 15.6 Å². The first-order valence-corrected chi connectivity index (χ1v) is 9.48. The molecule has 12 nitrogen and oxygen atoms in total. The molecule has 1 N–H and O–H groups in total. The number of benzene rings is 1. The van der Waals surface area contributed by atoms with Gasteiger partial charge in [-0.2, -0.15) is 10.2 Å². The van der Waals surface area contributed by atoms with Gasteiger partial charge in [0.1, 0.15) is 29.0 Å². The summed E-state index contributed by atoms with van der Waals surface area (Å²) in [5, 5.41) is 30.0. The molecule has 166 valence electrons. The van der Waals surface area contributed by atoms with Crippen molar-refractivity contribution in [3.63, 3.8) is 0 Å². The second-order valence-electron chi connectivity index (χ2n) is 7.09. The predicted molar refractivity (Wildman–Crippen MR) is 114 cm³/mol. The Hall–Kier alpha value is -4.35. The van der Waals surface area contributed by atoms with E-state index in [0.717, 1.165) is 0 Å². The number of rotatable bonds is 7. The molecule has 0 fully saturated rings. The summed E-state index contributed by atoms with van der Waals surface area (Å²) in [6.45, 7) is 6.32. The molecule has 0 saturated carbocycles. The zero-order chi connectivity index (χ0) is 23.6. The Balaban J connectivity index is 1.69. The van der Waals surface area contributed by atoms with E-state index in [4.69, 9.17) is 4.42 Å². The Kier molecular flexibility index (Phi) is 6.14. The molecule has 1 amide bonds. The number of aromatic nitrogens is 2. The van der Waals surface area contributed by atoms with Crippen molar-refractivity contribution in [2.45, 2.75) is 33.7 Å². The summed E-state index contributed by atoms with van der Waals surface area (Å²) >= 11 is 0. The molecule has 32 heavy (non-hydrogen) atoms. The van der Waals surface area contributed by atoms with E-state index in [-0.39, 0.29) is 22.8 Å². The van der Waals surface area contributed by atoms with Gasteiger partial charge in [0.15, 0.2) is 0 Å². The number of carbonyl (C=O) groups is 1. The quantitative estimate of drug-likeness (QED) is 0.334. The van der Waals surface area contributed by atoms with Crippen LogP contribution < -0.4 is 5.43 Å². The number of non-ortho nitro benzene ring substituents is 1. The van der Waals surface area contributed by atoms with E-state index in [1.165, 1.54) is 36.9 Å². The molecule has 3 aromatic rings. The molecule has 0 aliphatic rings. The smallest absolute Gasteiger partial charge is 0.312 e. The van der Waals surface area contributed by atoms with Crippen LogP contribution in [0.2, 0.25) is 0 Å². The van der Waals surface area contributed by atoms with Crippen LogP contribution in [0.5, 0.6) is 0 Å². The highest BCUT2D eigenvalue weighted by atomic mass is 16.6. The van der Waals surface area contributed by atoms with Gasteiger partial charge in [0, 0.05) is 17.7 Å². The van der Waals surface area contributed by atoms with Crippen LogP contribution in [-0.2, 0) is 4.79 Å². The second kappa shape index (κ2) is 8.79. The topological polar surface area (TPSA) is 159 Å². The van der Waals surface area contributed by atoms with Crippen molar-refractivity contribution in [3.8, 4) is 11.3 Å². The van der Waals surface area contributed by atoms with E-state index < -0.39 is 21.8 Å². The van der Waals surface area contributed by atoms with Crippen molar-refractivity contribution in [3.05, 3.63) is 73.3 Å². The van der Waals surface area contributed by atoms with Gasteiger partial charge in [-0.15, -0.1) is 0 Å². The minimum Gasteiger partial charge on any atom is -0.455 e. The number of hydrogen-bond acceptors (Lipinski definition) is 8. The molecule has 3 rings (SSSR count). The van der Waals surface area contributed by atoms with Crippen molar-refractivity contribution in [2.75, 3.05) is 0 Å². The standard InChI is InChI=1S/C20H20N6O6/c1-11-9-15(25(28)29)5-7-17(11)18-8-6-16(32-18)10-21-22-20(27)14(4)24-13(3)19(26(30)31)12(2)23-24/h5-10,14H,1-4H3,(H,22,27)/b21-10+. The van der Waals surface area contributed by atoms with Gasteiger partial charge in [0.25, 0.3) is 11.6 Å². The molecule has 12 heteroatoms. The van der Waals surface area contributed by atoms with Crippen LogP contribution >= 0.6 is 0 Å². The highest BCUT2D eigenvalue weighted by molar-refractivity contribution is 5.83. The number of carbonyl (C=O) groups excluding carboxylic acids is 1. The highest BCUT2D eigenvalue weighted by Crippen LogP contribution is 2.28. The van der Waals surface area contributed by atoms with Crippen molar-refractivity contribution in [2.24, 2.45) is 5.10 Å². The van der Waals surface area contributed by atoms with Gasteiger partial charge in [0.05, 0.1) is 16.1 Å². The number of amides is 1. The van der Waals surface area contributed by atoms with Gasteiger partial charge in [-0.1, -0.05) is 0 Å². The van der Waals surface area contributed by atoms with Gasteiger partial charge in [0.2, 0.25) is 0 Å². The molecule has 0 saturated heterocycles. The van der Waals surface area contributed by atoms with E-state index in [9.17, 15) is 25.0 Å². The van der Waals surface area contributed by atoms with Crippen LogP contribution in [0.25, 0.3) is 11.3 Å². The lowest BCUT2D eigenvalue weighted by molar-refractivity contribution is -0.386. The van der Waals surface area contributed by atoms with Gasteiger partial charge in [-0.25, -0.2) is 5.43 Å². The molecule has 1 aromatic carbocycles. The number of nitrogens with one attached hydrogen (secondary N) is 1. The van der Waals surface area contributed by atoms with Gasteiger partial charge in [-0.3, -0.25) is 29.7 Å². The first-order valence-electron chi connectivity index (χ1n) is 9.48. The lowest BCUT2D eigenvalue weighted by Gasteiger charge is -2.11. The minimum atomic E-state index is -0.825. The molecular weight excluding hydrogens is 420 g/mol. The fourth-order valence-electron chi connectivity index (χ4n) is 3.26. The summed E-state index contributed by atoms with van der Waals surface area (Å²) in [6, 6.07) is 6.95. The summed E-state index contributed by atoms with van der Waals surface area (Å²) in [4.78, 5) is 33.4. The molecule has 0 aliphatic heterocycles. The summed E-state index contributed by atoms with van der Waals surface area (Å²) in [5.74, 6) is 0.334. The highest BCUT2D eigenvalue weighted by Gasteiger charge is 2.26. The first kappa shape index (κ1) is 22.3. The maximum atomic E-state index is 12.4. The second-order valence-corrected chi connectivity index (χ2v) is 7.09. The first-order chi connectivity index (χ1) is 15.1. The summed E-state index contributed by atoms with van der Waals surface area (Å²) in [7, 11) is 0. The van der Waals surface area contributed by atoms with E-state index in [1.807, 2.05) is 0 Å². The SMILES string of the molecule is Cc1cc([N+](=O)[O-])ccc1-c1ccc(/C=N/NC(=O)C(C)n2nc(C)c([N+](=O)[O-])c2C)o1. The normalized spacial score (nSPS) is 12.1. The Bertz CT molecular complexity index is 1240. The fourth-order valence-corrected chi connectivity index (χ4v) is 3.26. The average molecular weight is 440 g/mol. The third-order valence-corrected chi connectivity index (χ3v) is 4.90. The molecule has 0 radical (unpaired) electrons. The van der Waals surface area contributed by atoms with Crippen LogP contribution in [0.3, 0.4) is 0 Å². The van der Waals surface area contributed by atoms with Crippen LogP contribution in [0.1, 0.15) is 35.7 Å². The van der Waals surface area contributed by atoms with Crippen molar-refractivity contribution < 1.29 is 19.1 Å². The van der Waals surface area contributed by atoms with E-state index in [0.29, 0.717) is 22.6 Å². The number of aryl methyl sites for hydroxylation is 2. The number of nitro benzene ring substituents is 1. The molecule has 2 heterocycles. The number of hydrogen-bond donors (Lipinski definition) is 1. The average Bonchev–Trinajstić information content (AvgIpc) is 3.31. The molecule has 0 spiro atoms. The maximum absolute atomic E-state index is 12.4. The monoisotopic (exact) mass is 440 g/mol. The van der Waals surface area contributed by atoms with Crippen LogP contribution in [0.4, 0.5) is 11.4 Å². The number of furan rings is 1. The Morgan fingerprint density at radius 1 is 1.19 bits per heavy atom. The molecule has 0 aliphatic carbocycles. The summed E-state index contributed by atoms with van der Waals surface area (Å²) in [5.41, 5.74) is 4.09. The minimum absolute atomic E-state index is 0.00984. The molecule has 1 unspecified atom stereocenters. The van der Waals surface area contributed by atoms with Crippen molar-refractivity contribution in [1.29, 1.82) is 0 Å². The molecule has 1 atom stereocenters. The summed E-state index contributed by atoms with van der Waals surface area (Å²) in [6.07, 6.45) is 1.30. The Labute approximate surface area is 181 Å². The number of nitro groups is 2. The predicted octanol–water partition coefficient (Wildman–Crippen LogP) is 3.60. The molecule has 0 bridgehead atoms. The third kappa shape index (κ3) is 4.38. The Morgan fingerprint density at radius 2 is 1.91 bits per heavy atom. The van der Waals surface area contributed by atoms with Crippen LogP contribution in [-0.4, -0.2) is 31.7 Å². The van der Waals surface area contributed by atoms with Crippen molar-refractivity contribution in [1.82, 2.24) is 15.2 Å². The summed E-state index contributed by atoms with van der Waals surface area (Å²) < 4.78 is 6.96. The number of nitrogens with zero attached hydrogens (tertiary/aromatic N) is 5. The van der Waals surface area contributed by atoms with E-state index in [1.54, 1.807) is 32.0 Å². The van der Waals surface area contributed by atoms with Crippen LogP contribution in [0.15, 0.2) is 39.9 Å². The Morgan fingerprint density at radius 3 is 2.50 bits per heavy atom. The zero-order valence-corrected chi connectivity index (χ0v) is 17.7. The van der Waals surface area contributed by atoms with Crippen molar-refractivity contribution >= 4 is 23.5 Å². The maximum Gasteiger partial charge on any atom is 0.312 e. The number of hydrazone groups is 1. The zero-order valence-electron chi connectivity index (χ0n) is 17.7.